The van der Waals surface area contributed by atoms with Crippen LogP contribution in [0.5, 0.6) is 0 Å². The first-order chi connectivity index (χ1) is 15.9. The van der Waals surface area contributed by atoms with Crippen LogP contribution in [0.3, 0.4) is 0 Å². The van der Waals surface area contributed by atoms with E-state index < -0.39 is 0 Å². The normalized spacial score (nSPS) is 15.0. The Morgan fingerprint density at radius 3 is 2.55 bits per heavy atom. The number of carbonyl (C=O) groups excluding carboxylic acids is 2. The topological polar surface area (TPSA) is 74.3 Å². The highest BCUT2D eigenvalue weighted by Gasteiger charge is 2.19. The second-order valence-corrected chi connectivity index (χ2v) is 10.0. The van der Waals surface area contributed by atoms with Crippen LogP contribution < -0.4 is 10.6 Å². The Balaban J connectivity index is 1.17. The van der Waals surface area contributed by atoms with E-state index >= 15 is 0 Å². The number of carbonyl (C=O) groups is 2. The Labute approximate surface area is 199 Å². The predicted molar refractivity (Wildman–Crippen MR) is 134 cm³/mol. The molecule has 2 aromatic carbocycles. The summed E-state index contributed by atoms with van der Waals surface area (Å²) in [5.41, 5.74) is 4.65. The number of fused-ring (bicyclic) bond motifs is 1. The monoisotopic (exact) mass is 464 g/mol. The molecule has 6 nitrogen and oxygen atoms in total. The highest BCUT2D eigenvalue weighted by Crippen LogP contribution is 2.27. The second kappa shape index (κ2) is 10.9. The molecule has 0 bridgehead atoms. The Kier molecular flexibility index (Phi) is 7.73. The van der Waals surface area contributed by atoms with Crippen LogP contribution >= 0.6 is 11.3 Å². The molecule has 2 amide bonds. The van der Waals surface area contributed by atoms with Gasteiger partial charge in [0.1, 0.15) is 0 Å². The van der Waals surface area contributed by atoms with Gasteiger partial charge in [0.25, 0.3) is 0 Å². The summed E-state index contributed by atoms with van der Waals surface area (Å²) >= 11 is 1.46. The molecule has 33 heavy (non-hydrogen) atoms. The molecule has 174 valence electrons. The number of nitrogens with one attached hydrogen (secondary N) is 2. The van der Waals surface area contributed by atoms with Crippen LogP contribution in [0.4, 0.5) is 5.13 Å². The van der Waals surface area contributed by atoms with Gasteiger partial charge in [0, 0.05) is 26.4 Å². The molecule has 2 heterocycles. The molecule has 0 radical (unpaired) electrons. The molecule has 1 aliphatic rings. The lowest BCUT2D eigenvalue weighted by molar-refractivity contribution is -0.121. The van der Waals surface area contributed by atoms with E-state index in [0.29, 0.717) is 23.9 Å². The number of piperidine rings is 1. The summed E-state index contributed by atoms with van der Waals surface area (Å²) < 4.78 is 1.02. The number of anilines is 1. The Hall–Kier alpha value is -2.77. The first kappa shape index (κ1) is 23.4. The van der Waals surface area contributed by atoms with Gasteiger partial charge in [0.15, 0.2) is 5.13 Å². The molecule has 0 saturated carbocycles. The minimum absolute atomic E-state index is 0.112. The fraction of sp³-hybridized carbons (Fsp3) is 0.423. The molecule has 0 atom stereocenters. The molecule has 1 saturated heterocycles. The number of rotatable bonds is 8. The van der Waals surface area contributed by atoms with Gasteiger partial charge in [-0.05, 0) is 68.5 Å². The van der Waals surface area contributed by atoms with E-state index in [-0.39, 0.29) is 11.8 Å². The lowest BCUT2D eigenvalue weighted by atomic mass is 9.96. The van der Waals surface area contributed by atoms with E-state index in [4.69, 9.17) is 0 Å². The third kappa shape index (κ3) is 6.85. The second-order valence-electron chi connectivity index (χ2n) is 9.01. The molecular weight excluding hydrogens is 432 g/mol. The molecule has 1 aromatic heterocycles. The summed E-state index contributed by atoms with van der Waals surface area (Å²) in [6.45, 7) is 7.55. The van der Waals surface area contributed by atoms with Crippen LogP contribution in [0.2, 0.25) is 0 Å². The lowest BCUT2D eigenvalue weighted by Gasteiger charge is -2.32. The van der Waals surface area contributed by atoms with Gasteiger partial charge in [-0.2, -0.15) is 0 Å². The smallest absolute Gasteiger partial charge is 0.223 e. The number of hydrogen-bond acceptors (Lipinski definition) is 5. The number of likely N-dealkylation sites (tertiary alicyclic amines) is 1. The molecule has 1 aliphatic heterocycles. The molecule has 3 aromatic rings. The van der Waals surface area contributed by atoms with Crippen molar-refractivity contribution in [2.75, 3.05) is 25.0 Å². The minimum Gasteiger partial charge on any atom is -0.356 e. The molecule has 2 N–H and O–H groups in total. The van der Waals surface area contributed by atoms with Gasteiger partial charge in [0.05, 0.1) is 10.2 Å². The first-order valence-electron chi connectivity index (χ1n) is 11.7. The van der Waals surface area contributed by atoms with Crippen LogP contribution in [0, 0.1) is 12.8 Å². The van der Waals surface area contributed by atoms with Gasteiger partial charge in [-0.25, -0.2) is 4.98 Å². The van der Waals surface area contributed by atoms with Crippen molar-refractivity contribution in [1.29, 1.82) is 0 Å². The third-order valence-corrected chi connectivity index (χ3v) is 7.13. The summed E-state index contributed by atoms with van der Waals surface area (Å²) in [6.07, 6.45) is 3.44. The zero-order chi connectivity index (χ0) is 23.2. The SMILES string of the molecule is CC(=O)Nc1nc2ccc(CCC(=O)NCC3CCN(Cc4ccc(C)cc4)CC3)cc2s1. The van der Waals surface area contributed by atoms with Crippen molar-refractivity contribution in [3.63, 3.8) is 0 Å². The summed E-state index contributed by atoms with van der Waals surface area (Å²) in [7, 11) is 0. The van der Waals surface area contributed by atoms with Gasteiger partial charge < -0.3 is 10.6 Å². The van der Waals surface area contributed by atoms with E-state index in [9.17, 15) is 9.59 Å². The Morgan fingerprint density at radius 1 is 1.09 bits per heavy atom. The zero-order valence-electron chi connectivity index (χ0n) is 19.4. The number of thiazole rings is 1. The highest BCUT2D eigenvalue weighted by molar-refractivity contribution is 7.22. The van der Waals surface area contributed by atoms with Crippen molar-refractivity contribution in [3.8, 4) is 0 Å². The first-order valence-corrected chi connectivity index (χ1v) is 12.5. The van der Waals surface area contributed by atoms with Crippen molar-refractivity contribution in [3.05, 3.63) is 59.2 Å². The molecule has 7 heteroatoms. The number of benzene rings is 2. The predicted octanol–water partition coefficient (Wildman–Crippen LogP) is 4.52. The van der Waals surface area contributed by atoms with Crippen molar-refractivity contribution in [1.82, 2.24) is 15.2 Å². The maximum Gasteiger partial charge on any atom is 0.223 e. The number of amides is 2. The number of hydrogen-bond donors (Lipinski definition) is 2. The van der Waals surface area contributed by atoms with Gasteiger partial charge in [-0.1, -0.05) is 47.2 Å². The molecule has 0 aliphatic carbocycles. The van der Waals surface area contributed by atoms with Crippen molar-refractivity contribution < 1.29 is 9.59 Å². The molecule has 4 rings (SSSR count). The highest BCUT2D eigenvalue weighted by atomic mass is 32.1. The molecular formula is C26H32N4O2S. The maximum absolute atomic E-state index is 12.4. The van der Waals surface area contributed by atoms with Crippen molar-refractivity contribution in [2.45, 2.75) is 46.1 Å². The zero-order valence-corrected chi connectivity index (χ0v) is 20.2. The molecule has 0 spiro atoms. The van der Waals surface area contributed by atoms with Crippen molar-refractivity contribution in [2.24, 2.45) is 5.92 Å². The quantitative estimate of drug-likeness (QED) is 0.514. The Morgan fingerprint density at radius 2 is 1.82 bits per heavy atom. The summed E-state index contributed by atoms with van der Waals surface area (Å²) in [5, 5.41) is 6.48. The third-order valence-electron chi connectivity index (χ3n) is 6.20. The van der Waals surface area contributed by atoms with Crippen molar-refractivity contribution >= 4 is 38.5 Å². The van der Waals surface area contributed by atoms with E-state index in [1.165, 1.54) is 29.4 Å². The molecule has 0 unspecified atom stereocenters. The van der Waals surface area contributed by atoms with Crippen LogP contribution in [0.15, 0.2) is 42.5 Å². The fourth-order valence-corrected chi connectivity index (χ4v) is 5.21. The van der Waals surface area contributed by atoms with Gasteiger partial charge in [-0.3, -0.25) is 14.5 Å². The van der Waals surface area contributed by atoms with E-state index in [1.807, 2.05) is 12.1 Å². The van der Waals surface area contributed by atoms with Crippen LogP contribution in [0.25, 0.3) is 10.2 Å². The van der Waals surface area contributed by atoms with E-state index in [1.54, 1.807) is 0 Å². The maximum atomic E-state index is 12.4. The van der Waals surface area contributed by atoms with Crippen LogP contribution in [-0.2, 0) is 22.6 Å². The molecule has 1 fully saturated rings. The standard InChI is InChI=1S/C26H32N4O2S/c1-18-3-5-22(6-4-18)17-30-13-11-21(12-14-30)16-27-25(32)10-8-20-7-9-23-24(15-20)33-26(29-23)28-19(2)31/h3-7,9,15,21H,8,10-14,16-17H2,1-2H3,(H,27,32)(H,28,29,31). The number of aryl methyl sites for hydroxylation is 2. The van der Waals surface area contributed by atoms with E-state index in [2.05, 4.69) is 57.8 Å². The summed E-state index contributed by atoms with van der Waals surface area (Å²) in [5.74, 6) is 0.548. The lowest BCUT2D eigenvalue weighted by Crippen LogP contribution is -2.38. The van der Waals surface area contributed by atoms with Crippen LogP contribution in [0.1, 0.15) is 42.9 Å². The van der Waals surface area contributed by atoms with Crippen LogP contribution in [-0.4, -0.2) is 41.3 Å². The average Bonchev–Trinajstić information content (AvgIpc) is 3.19. The number of aromatic nitrogens is 1. The largest absolute Gasteiger partial charge is 0.356 e. The average molecular weight is 465 g/mol. The fourth-order valence-electron chi connectivity index (χ4n) is 4.23. The number of nitrogens with zero attached hydrogens (tertiary/aromatic N) is 2. The Bertz CT molecular complexity index is 1100. The summed E-state index contributed by atoms with van der Waals surface area (Å²) in [6, 6.07) is 14.8. The van der Waals surface area contributed by atoms with E-state index in [0.717, 1.165) is 54.8 Å². The summed E-state index contributed by atoms with van der Waals surface area (Å²) in [4.78, 5) is 30.5. The van der Waals surface area contributed by atoms with Gasteiger partial charge >= 0.3 is 0 Å². The van der Waals surface area contributed by atoms with Gasteiger partial charge in [-0.15, -0.1) is 0 Å². The van der Waals surface area contributed by atoms with Gasteiger partial charge in [0.2, 0.25) is 11.8 Å². The minimum atomic E-state index is -0.122.